The van der Waals surface area contributed by atoms with Crippen LogP contribution in [-0.2, 0) is 0 Å². The molecule has 76 valence electrons. The van der Waals surface area contributed by atoms with E-state index in [1.54, 1.807) is 19.2 Å². The third kappa shape index (κ3) is 1.84. The fourth-order valence-electron chi connectivity index (χ4n) is 1.24. The quantitative estimate of drug-likeness (QED) is 0.708. The SMILES string of the molecule is Cc1c(-c2ccncn2)[nH]c(=S)[nH]c1=O. The van der Waals surface area contributed by atoms with E-state index in [0.29, 0.717) is 21.7 Å². The summed E-state index contributed by atoms with van der Waals surface area (Å²) in [6, 6.07) is 1.72. The first-order chi connectivity index (χ1) is 7.18. The van der Waals surface area contributed by atoms with Gasteiger partial charge in [-0.2, -0.15) is 0 Å². The van der Waals surface area contributed by atoms with Gasteiger partial charge in [-0.15, -0.1) is 0 Å². The Hall–Kier alpha value is -1.82. The van der Waals surface area contributed by atoms with Gasteiger partial charge in [-0.25, -0.2) is 9.97 Å². The van der Waals surface area contributed by atoms with Crippen LogP contribution >= 0.6 is 12.2 Å². The maximum absolute atomic E-state index is 11.4. The number of H-pyrrole nitrogens is 2. The van der Waals surface area contributed by atoms with E-state index in [4.69, 9.17) is 12.2 Å². The van der Waals surface area contributed by atoms with Gasteiger partial charge in [0.25, 0.3) is 5.56 Å². The van der Waals surface area contributed by atoms with E-state index < -0.39 is 0 Å². The molecular weight excluding hydrogens is 212 g/mol. The highest BCUT2D eigenvalue weighted by Gasteiger charge is 2.06. The van der Waals surface area contributed by atoms with E-state index >= 15 is 0 Å². The molecule has 0 aliphatic rings. The summed E-state index contributed by atoms with van der Waals surface area (Å²) in [7, 11) is 0. The second-order valence-corrected chi connectivity index (χ2v) is 3.41. The molecule has 2 rings (SSSR count). The molecule has 0 fully saturated rings. The zero-order valence-electron chi connectivity index (χ0n) is 7.94. The van der Waals surface area contributed by atoms with Crippen LogP contribution in [0.2, 0.25) is 0 Å². The van der Waals surface area contributed by atoms with Gasteiger partial charge in [0.1, 0.15) is 6.33 Å². The number of hydrogen-bond donors (Lipinski definition) is 2. The van der Waals surface area contributed by atoms with Gasteiger partial charge in [-0.3, -0.25) is 9.78 Å². The highest BCUT2D eigenvalue weighted by atomic mass is 32.1. The molecule has 2 aromatic rings. The van der Waals surface area contributed by atoms with Gasteiger partial charge in [0.15, 0.2) is 4.77 Å². The molecule has 5 nitrogen and oxygen atoms in total. The van der Waals surface area contributed by atoms with Crippen molar-refractivity contribution in [1.82, 2.24) is 19.9 Å². The van der Waals surface area contributed by atoms with Crippen LogP contribution in [-0.4, -0.2) is 19.9 Å². The Morgan fingerprint density at radius 1 is 1.40 bits per heavy atom. The third-order valence-electron chi connectivity index (χ3n) is 2.02. The Morgan fingerprint density at radius 2 is 2.20 bits per heavy atom. The maximum Gasteiger partial charge on any atom is 0.255 e. The molecule has 0 aromatic carbocycles. The lowest BCUT2D eigenvalue weighted by molar-refractivity contribution is 1.04. The molecule has 0 saturated heterocycles. The standard InChI is InChI=1S/C9H8N4OS/c1-5-7(6-2-3-10-4-11-6)12-9(15)13-8(5)14/h2-4H,1H3,(H2,12,13,14,15). The van der Waals surface area contributed by atoms with Gasteiger partial charge in [0.05, 0.1) is 11.4 Å². The summed E-state index contributed by atoms with van der Waals surface area (Å²) in [4.78, 5) is 24.7. The minimum Gasteiger partial charge on any atom is -0.330 e. The molecule has 0 atom stereocenters. The van der Waals surface area contributed by atoms with Crippen LogP contribution < -0.4 is 5.56 Å². The maximum atomic E-state index is 11.4. The van der Waals surface area contributed by atoms with Crippen molar-refractivity contribution >= 4 is 12.2 Å². The average molecular weight is 220 g/mol. The summed E-state index contributed by atoms with van der Waals surface area (Å²) >= 11 is 4.89. The minimum absolute atomic E-state index is 0.202. The molecule has 0 aliphatic heterocycles. The van der Waals surface area contributed by atoms with E-state index in [1.807, 2.05) is 0 Å². The van der Waals surface area contributed by atoms with Crippen molar-refractivity contribution in [1.29, 1.82) is 0 Å². The normalized spacial score (nSPS) is 10.2. The Bertz CT molecular complexity index is 587. The predicted octanol–water partition coefficient (Wildman–Crippen LogP) is 1.20. The lowest BCUT2D eigenvalue weighted by Gasteiger charge is -2.02. The van der Waals surface area contributed by atoms with Gasteiger partial charge in [-0.05, 0) is 25.2 Å². The molecular formula is C9H8N4OS. The van der Waals surface area contributed by atoms with E-state index in [2.05, 4.69) is 19.9 Å². The topological polar surface area (TPSA) is 74.4 Å². The lowest BCUT2D eigenvalue weighted by atomic mass is 10.2. The van der Waals surface area contributed by atoms with Crippen molar-refractivity contribution in [2.24, 2.45) is 0 Å². The summed E-state index contributed by atoms with van der Waals surface area (Å²) in [6.07, 6.45) is 3.03. The van der Waals surface area contributed by atoms with Gasteiger partial charge >= 0.3 is 0 Å². The Morgan fingerprint density at radius 3 is 2.87 bits per heavy atom. The van der Waals surface area contributed by atoms with Crippen LogP contribution in [0.4, 0.5) is 0 Å². The van der Waals surface area contributed by atoms with Crippen molar-refractivity contribution in [2.45, 2.75) is 6.92 Å². The molecule has 6 heteroatoms. The third-order valence-corrected chi connectivity index (χ3v) is 2.22. The van der Waals surface area contributed by atoms with Gasteiger partial charge in [0.2, 0.25) is 0 Å². The van der Waals surface area contributed by atoms with Crippen LogP contribution in [0.1, 0.15) is 5.56 Å². The molecule has 0 spiro atoms. The largest absolute Gasteiger partial charge is 0.330 e. The first kappa shape index (κ1) is 9.72. The zero-order valence-corrected chi connectivity index (χ0v) is 8.76. The molecule has 0 aliphatic carbocycles. The van der Waals surface area contributed by atoms with E-state index in [0.717, 1.165) is 0 Å². The fourth-order valence-corrected chi connectivity index (χ4v) is 1.44. The number of aromatic amines is 2. The Kier molecular flexibility index (Phi) is 2.42. The average Bonchev–Trinajstić information content (AvgIpc) is 2.24. The van der Waals surface area contributed by atoms with Crippen LogP contribution in [0.25, 0.3) is 11.4 Å². The molecule has 0 unspecified atom stereocenters. The first-order valence-electron chi connectivity index (χ1n) is 4.28. The lowest BCUT2D eigenvalue weighted by Crippen LogP contribution is -2.13. The summed E-state index contributed by atoms with van der Waals surface area (Å²) in [6.45, 7) is 1.71. The van der Waals surface area contributed by atoms with Crippen LogP contribution in [0.5, 0.6) is 0 Å². The molecule has 2 heterocycles. The van der Waals surface area contributed by atoms with Crippen LogP contribution in [0.15, 0.2) is 23.4 Å². The molecule has 0 saturated carbocycles. The summed E-state index contributed by atoms with van der Waals surface area (Å²) in [5.74, 6) is 0. The highest BCUT2D eigenvalue weighted by Crippen LogP contribution is 2.13. The molecule has 2 N–H and O–H groups in total. The Balaban J connectivity index is 2.74. The van der Waals surface area contributed by atoms with E-state index in [1.165, 1.54) is 6.33 Å². The summed E-state index contributed by atoms with van der Waals surface area (Å²) in [5, 5.41) is 0. The highest BCUT2D eigenvalue weighted by molar-refractivity contribution is 7.71. The van der Waals surface area contributed by atoms with Crippen molar-refractivity contribution < 1.29 is 0 Å². The fraction of sp³-hybridized carbons (Fsp3) is 0.111. The first-order valence-corrected chi connectivity index (χ1v) is 4.69. The molecule has 0 amide bonds. The zero-order chi connectivity index (χ0) is 10.8. The van der Waals surface area contributed by atoms with Crippen molar-refractivity contribution in [2.75, 3.05) is 0 Å². The van der Waals surface area contributed by atoms with Gasteiger partial charge in [-0.1, -0.05) is 0 Å². The predicted molar refractivity (Wildman–Crippen MR) is 58.0 cm³/mol. The number of nitrogens with one attached hydrogen (secondary N) is 2. The number of nitrogens with zero attached hydrogens (tertiary/aromatic N) is 2. The van der Waals surface area contributed by atoms with Crippen molar-refractivity contribution in [3.63, 3.8) is 0 Å². The molecule has 0 bridgehead atoms. The summed E-state index contributed by atoms with van der Waals surface area (Å²) in [5.41, 5.74) is 1.64. The molecule has 0 radical (unpaired) electrons. The number of hydrogen-bond acceptors (Lipinski definition) is 4. The Labute approximate surface area is 90.3 Å². The van der Waals surface area contributed by atoms with Crippen LogP contribution in [0.3, 0.4) is 0 Å². The second-order valence-electron chi connectivity index (χ2n) is 3.00. The van der Waals surface area contributed by atoms with E-state index in [-0.39, 0.29) is 5.56 Å². The summed E-state index contributed by atoms with van der Waals surface area (Å²) < 4.78 is 0.291. The molecule has 15 heavy (non-hydrogen) atoms. The molecule has 2 aromatic heterocycles. The number of aromatic nitrogens is 4. The number of rotatable bonds is 1. The van der Waals surface area contributed by atoms with Crippen molar-refractivity contribution in [3.05, 3.63) is 39.3 Å². The van der Waals surface area contributed by atoms with Gasteiger partial charge in [0, 0.05) is 11.8 Å². The smallest absolute Gasteiger partial charge is 0.255 e. The van der Waals surface area contributed by atoms with E-state index in [9.17, 15) is 4.79 Å². The van der Waals surface area contributed by atoms with Gasteiger partial charge < -0.3 is 4.98 Å². The van der Waals surface area contributed by atoms with Crippen LogP contribution in [0, 0.1) is 11.7 Å². The van der Waals surface area contributed by atoms with Crippen molar-refractivity contribution in [3.8, 4) is 11.4 Å². The monoisotopic (exact) mass is 220 g/mol. The minimum atomic E-state index is -0.202. The second kappa shape index (κ2) is 3.74.